The number of hydrogen-bond acceptors (Lipinski definition) is 4. The molecule has 5 heteroatoms. The predicted octanol–water partition coefficient (Wildman–Crippen LogP) is 2.51. The molecule has 5 nitrogen and oxygen atoms in total. The first-order valence-corrected chi connectivity index (χ1v) is 7.79. The highest BCUT2D eigenvalue weighted by atomic mass is 16.5. The maximum Gasteiger partial charge on any atom is 0.293 e. The highest BCUT2D eigenvalue weighted by molar-refractivity contribution is 5.35. The van der Waals surface area contributed by atoms with Crippen LogP contribution in [0.2, 0.25) is 0 Å². The summed E-state index contributed by atoms with van der Waals surface area (Å²) < 4.78 is 7.45. The lowest BCUT2D eigenvalue weighted by Gasteiger charge is -2.51. The molecule has 118 valence electrons. The van der Waals surface area contributed by atoms with Crippen LogP contribution in [0, 0.1) is 11.3 Å². The number of hydrogen-bond donors (Lipinski definition) is 1. The second-order valence-electron chi connectivity index (χ2n) is 6.83. The van der Waals surface area contributed by atoms with E-state index in [9.17, 15) is 4.79 Å². The first kappa shape index (κ1) is 16.0. The Labute approximate surface area is 126 Å². The molecule has 21 heavy (non-hydrogen) atoms. The molecule has 1 aromatic rings. The number of nitrogens with zero attached hydrogens (tertiary/aromatic N) is 2. The number of ether oxygens (including phenoxy) is 1. The molecular formula is C16H27N3O2. The van der Waals surface area contributed by atoms with Crippen LogP contribution in [0.25, 0.3) is 0 Å². The quantitative estimate of drug-likeness (QED) is 0.875. The van der Waals surface area contributed by atoms with Gasteiger partial charge in [0.05, 0.1) is 6.10 Å². The highest BCUT2D eigenvalue weighted by Gasteiger charge is 2.49. The van der Waals surface area contributed by atoms with Gasteiger partial charge in [-0.05, 0) is 19.3 Å². The van der Waals surface area contributed by atoms with Crippen molar-refractivity contribution in [3.63, 3.8) is 0 Å². The summed E-state index contributed by atoms with van der Waals surface area (Å²) in [5, 5.41) is 3.31. The number of nitrogens with one attached hydrogen (secondary N) is 1. The van der Waals surface area contributed by atoms with Gasteiger partial charge in [0.2, 0.25) is 0 Å². The van der Waals surface area contributed by atoms with Crippen molar-refractivity contribution in [2.24, 2.45) is 11.3 Å². The summed E-state index contributed by atoms with van der Waals surface area (Å²) in [5.41, 5.74) is -0.0232. The Morgan fingerprint density at radius 1 is 1.52 bits per heavy atom. The van der Waals surface area contributed by atoms with E-state index >= 15 is 0 Å². The molecule has 1 heterocycles. The molecular weight excluding hydrogens is 266 g/mol. The zero-order valence-corrected chi connectivity index (χ0v) is 13.7. The maximum atomic E-state index is 12.4. The summed E-state index contributed by atoms with van der Waals surface area (Å²) in [5.74, 6) is 0.881. The SMILES string of the molecule is CCOC1CC(Nc2nccn(CC(C)C)c2=O)C1(C)C. The van der Waals surface area contributed by atoms with E-state index in [1.807, 2.05) is 6.92 Å². The third kappa shape index (κ3) is 3.28. The van der Waals surface area contributed by atoms with E-state index in [4.69, 9.17) is 4.74 Å². The Bertz CT molecular complexity index is 537. The van der Waals surface area contributed by atoms with Crippen molar-refractivity contribution in [1.29, 1.82) is 0 Å². The standard InChI is InChI=1S/C16H27N3O2/c1-6-21-13-9-12(16(13,4)5)18-14-15(20)19(8-7-17-14)10-11(2)3/h7-8,11-13H,6,9-10H2,1-5H3,(H,17,18). The molecule has 1 aliphatic rings. The fraction of sp³-hybridized carbons (Fsp3) is 0.750. The van der Waals surface area contributed by atoms with Crippen molar-refractivity contribution in [3.05, 3.63) is 22.7 Å². The molecule has 0 aromatic carbocycles. The molecule has 0 amide bonds. The van der Waals surface area contributed by atoms with Gasteiger partial charge < -0.3 is 14.6 Å². The summed E-state index contributed by atoms with van der Waals surface area (Å²) in [4.78, 5) is 16.6. The average Bonchev–Trinajstić information content (AvgIpc) is 2.41. The molecule has 2 unspecified atom stereocenters. The predicted molar refractivity (Wildman–Crippen MR) is 84.6 cm³/mol. The fourth-order valence-electron chi connectivity index (χ4n) is 2.86. The molecule has 1 aliphatic carbocycles. The highest BCUT2D eigenvalue weighted by Crippen LogP contribution is 2.43. The molecule has 0 spiro atoms. The van der Waals surface area contributed by atoms with Crippen molar-refractivity contribution in [1.82, 2.24) is 9.55 Å². The van der Waals surface area contributed by atoms with Gasteiger partial charge >= 0.3 is 0 Å². The summed E-state index contributed by atoms with van der Waals surface area (Å²) in [6.45, 7) is 12.0. The van der Waals surface area contributed by atoms with Gasteiger partial charge in [-0.3, -0.25) is 4.79 Å². The van der Waals surface area contributed by atoms with E-state index in [-0.39, 0.29) is 23.1 Å². The Kier molecular flexibility index (Phi) is 4.71. The van der Waals surface area contributed by atoms with Crippen LogP contribution in [-0.2, 0) is 11.3 Å². The minimum Gasteiger partial charge on any atom is -0.378 e. The van der Waals surface area contributed by atoms with Crippen LogP contribution in [0.15, 0.2) is 17.2 Å². The molecule has 0 aliphatic heterocycles. The fourth-order valence-corrected chi connectivity index (χ4v) is 2.86. The minimum absolute atomic E-state index is 0.0167. The maximum absolute atomic E-state index is 12.4. The molecule has 2 rings (SSSR count). The molecule has 0 radical (unpaired) electrons. The minimum atomic E-state index is -0.0399. The Morgan fingerprint density at radius 3 is 2.81 bits per heavy atom. The van der Waals surface area contributed by atoms with E-state index < -0.39 is 0 Å². The second kappa shape index (κ2) is 6.18. The Morgan fingerprint density at radius 2 is 2.24 bits per heavy atom. The van der Waals surface area contributed by atoms with Crippen molar-refractivity contribution in [2.75, 3.05) is 11.9 Å². The van der Waals surface area contributed by atoms with E-state index in [1.54, 1.807) is 17.0 Å². The van der Waals surface area contributed by atoms with Gasteiger partial charge in [0.15, 0.2) is 5.82 Å². The zero-order chi connectivity index (χ0) is 15.6. The van der Waals surface area contributed by atoms with E-state index in [2.05, 4.69) is 38.0 Å². The van der Waals surface area contributed by atoms with E-state index in [0.29, 0.717) is 18.3 Å². The Balaban J connectivity index is 2.10. The van der Waals surface area contributed by atoms with E-state index in [0.717, 1.165) is 13.0 Å². The van der Waals surface area contributed by atoms with Crippen LogP contribution in [0.4, 0.5) is 5.82 Å². The van der Waals surface area contributed by atoms with Gasteiger partial charge in [0, 0.05) is 37.0 Å². The van der Waals surface area contributed by atoms with Gasteiger partial charge in [-0.15, -0.1) is 0 Å². The summed E-state index contributed by atoms with van der Waals surface area (Å²) >= 11 is 0. The second-order valence-corrected chi connectivity index (χ2v) is 6.83. The molecule has 0 saturated heterocycles. The van der Waals surface area contributed by atoms with Crippen molar-refractivity contribution in [3.8, 4) is 0 Å². The van der Waals surface area contributed by atoms with Crippen LogP contribution in [-0.4, -0.2) is 28.3 Å². The number of anilines is 1. The van der Waals surface area contributed by atoms with Crippen LogP contribution in [0.3, 0.4) is 0 Å². The third-order valence-corrected chi connectivity index (χ3v) is 4.33. The van der Waals surface area contributed by atoms with Crippen molar-refractivity contribution < 1.29 is 4.74 Å². The van der Waals surface area contributed by atoms with Gasteiger partial charge in [0.25, 0.3) is 5.56 Å². The van der Waals surface area contributed by atoms with Crippen LogP contribution in [0.1, 0.15) is 41.0 Å². The lowest BCUT2D eigenvalue weighted by atomic mass is 9.64. The van der Waals surface area contributed by atoms with Crippen molar-refractivity contribution >= 4 is 5.82 Å². The molecule has 1 aromatic heterocycles. The van der Waals surface area contributed by atoms with Gasteiger partial charge in [-0.25, -0.2) is 4.98 Å². The van der Waals surface area contributed by atoms with Crippen LogP contribution < -0.4 is 10.9 Å². The van der Waals surface area contributed by atoms with Crippen LogP contribution >= 0.6 is 0 Å². The van der Waals surface area contributed by atoms with Crippen LogP contribution in [0.5, 0.6) is 0 Å². The molecule has 1 saturated carbocycles. The van der Waals surface area contributed by atoms with Crippen molar-refractivity contribution in [2.45, 2.75) is 59.7 Å². The topological polar surface area (TPSA) is 56.1 Å². The average molecular weight is 293 g/mol. The molecule has 2 atom stereocenters. The summed E-state index contributed by atoms with van der Waals surface area (Å²) in [7, 11) is 0. The third-order valence-electron chi connectivity index (χ3n) is 4.33. The lowest BCUT2D eigenvalue weighted by molar-refractivity contribution is -0.0977. The lowest BCUT2D eigenvalue weighted by Crippen LogP contribution is -2.58. The van der Waals surface area contributed by atoms with Gasteiger partial charge in [-0.2, -0.15) is 0 Å². The monoisotopic (exact) mass is 293 g/mol. The number of rotatable bonds is 6. The van der Waals surface area contributed by atoms with Gasteiger partial charge in [-0.1, -0.05) is 27.7 Å². The Hall–Kier alpha value is -1.36. The first-order valence-electron chi connectivity index (χ1n) is 7.79. The largest absolute Gasteiger partial charge is 0.378 e. The normalized spacial score (nSPS) is 23.9. The molecule has 1 N–H and O–H groups in total. The summed E-state index contributed by atoms with van der Waals surface area (Å²) in [6, 6.07) is 0.226. The van der Waals surface area contributed by atoms with E-state index in [1.165, 1.54) is 0 Å². The zero-order valence-electron chi connectivity index (χ0n) is 13.7. The van der Waals surface area contributed by atoms with Gasteiger partial charge in [0.1, 0.15) is 0 Å². The smallest absolute Gasteiger partial charge is 0.293 e. The molecule has 0 bridgehead atoms. The number of aromatic nitrogens is 2. The first-order chi connectivity index (χ1) is 9.86. The summed E-state index contributed by atoms with van der Waals surface area (Å²) in [6.07, 6.45) is 4.61. The molecule has 1 fully saturated rings.